The fourth-order valence-corrected chi connectivity index (χ4v) is 2.02. The van der Waals surface area contributed by atoms with Gasteiger partial charge >= 0.3 is 12.4 Å². The highest BCUT2D eigenvalue weighted by molar-refractivity contribution is 5.58. The molecule has 0 radical (unpaired) electrons. The number of rotatable bonds is 6. The minimum absolute atomic E-state index is 0.260. The van der Waals surface area contributed by atoms with Gasteiger partial charge in [-0.3, -0.25) is 0 Å². The number of hydrogen-bond acceptors (Lipinski definition) is 5. The van der Waals surface area contributed by atoms with E-state index in [1.54, 1.807) is 31.2 Å². The van der Waals surface area contributed by atoms with Crippen molar-refractivity contribution < 1.29 is 35.8 Å². The molecule has 0 spiro atoms. The Morgan fingerprint density at radius 2 is 1.63 bits per heavy atom. The van der Waals surface area contributed by atoms with E-state index < -0.39 is 30.4 Å². The number of aromatic nitrogens is 2. The van der Waals surface area contributed by atoms with Gasteiger partial charge in [-0.25, -0.2) is 4.98 Å². The van der Waals surface area contributed by atoms with Crippen LogP contribution in [0.1, 0.15) is 12.5 Å². The van der Waals surface area contributed by atoms with Crippen molar-refractivity contribution >= 4 is 11.6 Å². The summed E-state index contributed by atoms with van der Waals surface area (Å²) in [6.07, 6.45) is -9.38. The lowest BCUT2D eigenvalue weighted by Crippen LogP contribution is -2.23. The van der Waals surface area contributed by atoms with Crippen molar-refractivity contribution in [2.75, 3.05) is 25.2 Å². The summed E-state index contributed by atoms with van der Waals surface area (Å²) in [5.41, 5.74) is -1.00. The largest absolute Gasteiger partial charge is 0.494 e. The summed E-state index contributed by atoms with van der Waals surface area (Å²) in [6, 6.07) is 6.45. The number of ether oxygens (including phenoxy) is 2. The van der Waals surface area contributed by atoms with Gasteiger partial charge in [0.15, 0.2) is 6.61 Å². The molecule has 148 valence electrons. The fourth-order valence-electron chi connectivity index (χ4n) is 2.02. The summed E-state index contributed by atoms with van der Waals surface area (Å²) in [5, 5.41) is 0. The standard InChI is InChI=1S/C16H15F6N3O2/c1-3-26-11-6-4-10(5-7-11)25(2)14-23-8-12(16(20,21)22)13(24-14)27-9-15(17,18)19/h4-8H,3,9H2,1-2H3. The normalized spacial score (nSPS) is 12.0. The molecule has 1 aromatic carbocycles. The lowest BCUT2D eigenvalue weighted by molar-refractivity contribution is -0.159. The molecule has 1 heterocycles. The van der Waals surface area contributed by atoms with Crippen LogP contribution in [0.3, 0.4) is 0 Å². The Labute approximate surface area is 150 Å². The zero-order valence-corrected chi connectivity index (χ0v) is 14.2. The second-order valence-electron chi connectivity index (χ2n) is 5.28. The van der Waals surface area contributed by atoms with Gasteiger partial charge in [0.1, 0.15) is 11.3 Å². The van der Waals surface area contributed by atoms with Crippen LogP contribution in [0.2, 0.25) is 0 Å². The van der Waals surface area contributed by atoms with Gasteiger partial charge in [-0.1, -0.05) is 0 Å². The van der Waals surface area contributed by atoms with Crippen molar-refractivity contribution in [3.63, 3.8) is 0 Å². The van der Waals surface area contributed by atoms with Gasteiger partial charge in [-0.2, -0.15) is 31.3 Å². The summed E-state index contributed by atoms with van der Waals surface area (Å²) in [5.74, 6) is -0.871. The average Bonchev–Trinajstić information content (AvgIpc) is 2.58. The number of anilines is 2. The lowest BCUT2D eigenvalue weighted by Gasteiger charge is -2.20. The van der Waals surface area contributed by atoms with Crippen LogP contribution in [0.25, 0.3) is 0 Å². The smallest absolute Gasteiger partial charge is 0.423 e. The molecule has 0 bridgehead atoms. The van der Waals surface area contributed by atoms with E-state index in [9.17, 15) is 26.3 Å². The molecular weight excluding hydrogens is 380 g/mol. The lowest BCUT2D eigenvalue weighted by atomic mass is 10.3. The first-order valence-corrected chi connectivity index (χ1v) is 7.61. The Hall–Kier alpha value is -2.72. The molecule has 1 aromatic heterocycles. The summed E-state index contributed by atoms with van der Waals surface area (Å²) in [7, 11) is 1.45. The molecule has 0 atom stereocenters. The van der Waals surface area contributed by atoms with Crippen LogP contribution in [-0.2, 0) is 6.18 Å². The number of benzene rings is 1. The molecule has 0 aliphatic carbocycles. The highest BCUT2D eigenvalue weighted by Gasteiger charge is 2.38. The highest BCUT2D eigenvalue weighted by atomic mass is 19.4. The van der Waals surface area contributed by atoms with E-state index >= 15 is 0 Å². The van der Waals surface area contributed by atoms with Crippen LogP contribution in [-0.4, -0.2) is 36.4 Å². The maximum Gasteiger partial charge on any atom is 0.423 e. The van der Waals surface area contributed by atoms with Crippen LogP contribution in [0.4, 0.5) is 38.0 Å². The monoisotopic (exact) mass is 395 g/mol. The number of halogens is 6. The predicted octanol–water partition coefficient (Wildman–Crippen LogP) is 4.60. The molecule has 0 unspecified atom stereocenters. The van der Waals surface area contributed by atoms with Crippen molar-refractivity contribution in [1.82, 2.24) is 9.97 Å². The molecule has 0 saturated carbocycles. The Bertz CT molecular complexity index is 762. The predicted molar refractivity (Wildman–Crippen MR) is 84.3 cm³/mol. The Morgan fingerprint density at radius 1 is 1.00 bits per heavy atom. The summed E-state index contributed by atoms with van der Waals surface area (Å²) >= 11 is 0. The second-order valence-corrected chi connectivity index (χ2v) is 5.28. The van der Waals surface area contributed by atoms with E-state index in [0.29, 0.717) is 24.2 Å². The number of hydrogen-bond donors (Lipinski definition) is 0. The van der Waals surface area contributed by atoms with E-state index in [-0.39, 0.29) is 5.95 Å². The van der Waals surface area contributed by atoms with Gasteiger partial charge in [0.2, 0.25) is 11.8 Å². The molecule has 2 rings (SSSR count). The molecule has 5 nitrogen and oxygen atoms in total. The van der Waals surface area contributed by atoms with E-state index in [1.807, 2.05) is 0 Å². The molecule has 0 fully saturated rings. The quantitative estimate of drug-likeness (QED) is 0.669. The third-order valence-electron chi connectivity index (χ3n) is 3.25. The molecule has 0 saturated heterocycles. The van der Waals surface area contributed by atoms with E-state index in [4.69, 9.17) is 4.74 Å². The van der Waals surface area contributed by atoms with Gasteiger partial charge in [0.25, 0.3) is 0 Å². The van der Waals surface area contributed by atoms with Crippen molar-refractivity contribution in [3.8, 4) is 11.6 Å². The molecule has 0 N–H and O–H groups in total. The van der Waals surface area contributed by atoms with Gasteiger partial charge in [-0.05, 0) is 31.2 Å². The number of alkyl halides is 6. The third kappa shape index (κ3) is 5.63. The van der Waals surface area contributed by atoms with E-state index in [2.05, 4.69) is 14.7 Å². The van der Waals surface area contributed by atoms with Crippen LogP contribution >= 0.6 is 0 Å². The van der Waals surface area contributed by atoms with Crippen LogP contribution < -0.4 is 14.4 Å². The Balaban J connectivity index is 2.33. The molecular formula is C16H15F6N3O2. The van der Waals surface area contributed by atoms with Gasteiger partial charge in [-0.15, -0.1) is 0 Å². The first-order valence-electron chi connectivity index (χ1n) is 7.61. The first-order chi connectivity index (χ1) is 12.5. The number of nitrogens with zero attached hydrogens (tertiary/aromatic N) is 3. The summed E-state index contributed by atoms with van der Waals surface area (Å²) in [4.78, 5) is 8.41. The second kappa shape index (κ2) is 7.89. The molecule has 11 heteroatoms. The third-order valence-corrected chi connectivity index (χ3v) is 3.25. The SMILES string of the molecule is CCOc1ccc(N(C)c2ncc(C(F)(F)F)c(OCC(F)(F)F)n2)cc1. The van der Waals surface area contributed by atoms with Crippen molar-refractivity contribution in [3.05, 3.63) is 36.0 Å². The van der Waals surface area contributed by atoms with Gasteiger partial charge in [0, 0.05) is 18.9 Å². The maximum atomic E-state index is 13.0. The van der Waals surface area contributed by atoms with Crippen LogP contribution in [0.5, 0.6) is 11.6 Å². The van der Waals surface area contributed by atoms with Crippen molar-refractivity contribution in [2.45, 2.75) is 19.3 Å². The minimum Gasteiger partial charge on any atom is -0.494 e. The van der Waals surface area contributed by atoms with Crippen molar-refractivity contribution in [2.24, 2.45) is 0 Å². The van der Waals surface area contributed by atoms with Crippen LogP contribution in [0.15, 0.2) is 30.5 Å². The van der Waals surface area contributed by atoms with E-state index in [1.165, 1.54) is 11.9 Å². The Kier molecular flexibility index (Phi) is 6.01. The van der Waals surface area contributed by atoms with Crippen LogP contribution in [0, 0.1) is 0 Å². The summed E-state index contributed by atoms with van der Waals surface area (Å²) in [6.45, 7) is 0.356. The van der Waals surface area contributed by atoms with E-state index in [0.717, 1.165) is 0 Å². The molecule has 0 aliphatic heterocycles. The molecule has 2 aromatic rings. The minimum atomic E-state index is -4.96. The zero-order chi connectivity index (χ0) is 20.2. The maximum absolute atomic E-state index is 13.0. The van der Waals surface area contributed by atoms with Gasteiger partial charge < -0.3 is 14.4 Å². The molecule has 0 amide bonds. The molecule has 27 heavy (non-hydrogen) atoms. The molecule has 0 aliphatic rings. The summed E-state index contributed by atoms with van der Waals surface area (Å²) < 4.78 is 85.4. The van der Waals surface area contributed by atoms with Gasteiger partial charge in [0.05, 0.1) is 6.61 Å². The first kappa shape index (κ1) is 20.6. The Morgan fingerprint density at radius 3 is 2.15 bits per heavy atom. The fraction of sp³-hybridized carbons (Fsp3) is 0.375. The highest BCUT2D eigenvalue weighted by Crippen LogP contribution is 2.36. The van der Waals surface area contributed by atoms with Crippen molar-refractivity contribution in [1.29, 1.82) is 0 Å². The topological polar surface area (TPSA) is 47.5 Å². The zero-order valence-electron chi connectivity index (χ0n) is 14.2. The average molecular weight is 395 g/mol.